The van der Waals surface area contributed by atoms with Gasteiger partial charge in [-0.3, -0.25) is 4.79 Å². The van der Waals surface area contributed by atoms with Crippen LogP contribution in [0.15, 0.2) is 0 Å². The molecule has 1 amide bonds. The van der Waals surface area contributed by atoms with Crippen molar-refractivity contribution in [2.24, 2.45) is 0 Å². The molecule has 0 rings (SSSR count). The largest absolute Gasteiger partial charge is 0.480 e. The summed E-state index contributed by atoms with van der Waals surface area (Å²) in [5, 5.41) is 11.1. The number of methoxy groups -OCH3 is 1. The van der Waals surface area contributed by atoms with Crippen molar-refractivity contribution < 1.29 is 19.4 Å². The van der Waals surface area contributed by atoms with Gasteiger partial charge in [0.2, 0.25) is 5.91 Å². The minimum atomic E-state index is -1.06. The predicted octanol–water partition coefficient (Wildman–Crippen LogP) is 0.00570. The van der Waals surface area contributed by atoms with Gasteiger partial charge in [-0.1, -0.05) is 5.92 Å². The van der Waals surface area contributed by atoms with E-state index in [1.54, 1.807) is 0 Å². The summed E-state index contributed by atoms with van der Waals surface area (Å²) in [6.45, 7) is 0.467. The van der Waals surface area contributed by atoms with Crippen LogP contribution in [0.3, 0.4) is 0 Å². The number of ether oxygens (including phenoxy) is 1. The molecule has 0 aliphatic rings. The maximum atomic E-state index is 11.0. The van der Waals surface area contributed by atoms with Crippen molar-refractivity contribution in [1.29, 1.82) is 0 Å². The van der Waals surface area contributed by atoms with Gasteiger partial charge < -0.3 is 15.2 Å². The molecule has 0 aliphatic carbocycles. The number of hydrogen-bond donors (Lipinski definition) is 2. The highest BCUT2D eigenvalue weighted by atomic mass is 16.5. The molecule has 5 nitrogen and oxygen atoms in total. The third-order valence-electron chi connectivity index (χ3n) is 1.74. The Hall–Kier alpha value is -1.54. The second-order valence-corrected chi connectivity index (χ2v) is 2.97. The van der Waals surface area contributed by atoms with Crippen LogP contribution in [0.25, 0.3) is 0 Å². The molecule has 0 radical (unpaired) electrons. The SMILES string of the molecule is C#CCC(=O)NC(CCCOC)C(=O)O. The molecular formula is C10H15NO4. The summed E-state index contributed by atoms with van der Waals surface area (Å²) in [5.41, 5.74) is 0. The maximum Gasteiger partial charge on any atom is 0.326 e. The van der Waals surface area contributed by atoms with Crippen molar-refractivity contribution in [3.8, 4) is 12.3 Å². The number of carbonyl (C=O) groups excluding carboxylic acids is 1. The summed E-state index contributed by atoms with van der Waals surface area (Å²) in [4.78, 5) is 21.8. The van der Waals surface area contributed by atoms with E-state index in [9.17, 15) is 9.59 Å². The van der Waals surface area contributed by atoms with Crippen LogP contribution in [0.1, 0.15) is 19.3 Å². The molecule has 1 atom stereocenters. The number of terminal acetylenes is 1. The second kappa shape index (κ2) is 7.83. The summed E-state index contributed by atoms with van der Waals surface area (Å²) in [6.07, 6.45) is 5.73. The molecule has 15 heavy (non-hydrogen) atoms. The third kappa shape index (κ3) is 6.52. The Labute approximate surface area is 88.8 Å². The zero-order valence-corrected chi connectivity index (χ0v) is 8.66. The van der Waals surface area contributed by atoms with E-state index in [4.69, 9.17) is 16.3 Å². The van der Waals surface area contributed by atoms with Crippen LogP contribution in [-0.4, -0.2) is 36.7 Å². The monoisotopic (exact) mass is 213 g/mol. The first-order chi connectivity index (χ1) is 7.11. The van der Waals surface area contributed by atoms with Gasteiger partial charge >= 0.3 is 5.97 Å². The van der Waals surface area contributed by atoms with Crippen molar-refractivity contribution in [3.63, 3.8) is 0 Å². The van der Waals surface area contributed by atoms with Gasteiger partial charge in [-0.2, -0.15) is 0 Å². The quantitative estimate of drug-likeness (QED) is 0.461. The Kier molecular flexibility index (Phi) is 7.02. The van der Waals surface area contributed by atoms with Crippen molar-refractivity contribution in [2.75, 3.05) is 13.7 Å². The molecule has 0 aromatic carbocycles. The Morgan fingerprint density at radius 2 is 2.27 bits per heavy atom. The van der Waals surface area contributed by atoms with Gasteiger partial charge in [0.05, 0.1) is 6.42 Å². The number of aliphatic carboxylic acids is 1. The lowest BCUT2D eigenvalue weighted by Gasteiger charge is -2.13. The van der Waals surface area contributed by atoms with Gasteiger partial charge in [0.1, 0.15) is 6.04 Å². The van der Waals surface area contributed by atoms with E-state index in [0.29, 0.717) is 19.4 Å². The molecule has 0 aliphatic heterocycles. The lowest BCUT2D eigenvalue weighted by atomic mass is 10.1. The van der Waals surface area contributed by atoms with Gasteiger partial charge in [-0.15, -0.1) is 6.42 Å². The molecule has 1 unspecified atom stereocenters. The van der Waals surface area contributed by atoms with Crippen LogP contribution in [0.5, 0.6) is 0 Å². The number of carboxylic acids is 1. The maximum absolute atomic E-state index is 11.0. The summed E-state index contributed by atoms with van der Waals surface area (Å²) in [7, 11) is 1.53. The molecule has 0 fully saturated rings. The molecule has 0 saturated heterocycles. The number of amides is 1. The highest BCUT2D eigenvalue weighted by Crippen LogP contribution is 1.98. The second-order valence-electron chi connectivity index (χ2n) is 2.97. The van der Waals surface area contributed by atoms with E-state index in [2.05, 4.69) is 11.2 Å². The molecule has 0 heterocycles. The van der Waals surface area contributed by atoms with Gasteiger partial charge in [0, 0.05) is 13.7 Å². The third-order valence-corrected chi connectivity index (χ3v) is 1.74. The van der Waals surface area contributed by atoms with E-state index in [0.717, 1.165) is 0 Å². The van der Waals surface area contributed by atoms with Crippen LogP contribution < -0.4 is 5.32 Å². The highest BCUT2D eigenvalue weighted by molar-refractivity contribution is 5.84. The average molecular weight is 213 g/mol. The smallest absolute Gasteiger partial charge is 0.326 e. The fraction of sp³-hybridized carbons (Fsp3) is 0.600. The highest BCUT2D eigenvalue weighted by Gasteiger charge is 2.18. The average Bonchev–Trinajstić information content (AvgIpc) is 2.16. The molecule has 0 aromatic heterocycles. The topological polar surface area (TPSA) is 75.6 Å². The molecule has 84 valence electrons. The Morgan fingerprint density at radius 3 is 2.73 bits per heavy atom. The first-order valence-corrected chi connectivity index (χ1v) is 4.56. The standard InChI is InChI=1S/C10H15NO4/c1-3-5-9(12)11-8(10(13)14)6-4-7-15-2/h1,8H,4-7H2,2H3,(H,11,12)(H,13,14). The van der Waals surface area contributed by atoms with Crippen molar-refractivity contribution >= 4 is 11.9 Å². The zero-order valence-electron chi connectivity index (χ0n) is 8.66. The first-order valence-electron chi connectivity index (χ1n) is 4.56. The van der Waals surface area contributed by atoms with Crippen molar-refractivity contribution in [3.05, 3.63) is 0 Å². The number of carbonyl (C=O) groups is 2. The first kappa shape index (κ1) is 13.5. The molecule has 0 saturated carbocycles. The van der Waals surface area contributed by atoms with E-state index in [1.807, 2.05) is 0 Å². The zero-order chi connectivity index (χ0) is 11.7. The van der Waals surface area contributed by atoms with Crippen LogP contribution in [0, 0.1) is 12.3 Å². The van der Waals surface area contributed by atoms with E-state index in [1.165, 1.54) is 7.11 Å². The molecular weight excluding hydrogens is 198 g/mol. The van der Waals surface area contributed by atoms with Crippen molar-refractivity contribution in [2.45, 2.75) is 25.3 Å². The van der Waals surface area contributed by atoms with Gasteiger partial charge in [-0.05, 0) is 12.8 Å². The van der Waals surface area contributed by atoms with E-state index < -0.39 is 17.9 Å². The van der Waals surface area contributed by atoms with Crippen LogP contribution in [0.4, 0.5) is 0 Å². The van der Waals surface area contributed by atoms with Gasteiger partial charge in [-0.25, -0.2) is 4.79 Å². The lowest BCUT2D eigenvalue weighted by molar-refractivity contribution is -0.142. The molecule has 2 N–H and O–H groups in total. The minimum Gasteiger partial charge on any atom is -0.480 e. The fourth-order valence-electron chi connectivity index (χ4n) is 1.03. The number of nitrogens with one attached hydrogen (secondary N) is 1. The normalized spacial score (nSPS) is 11.5. The van der Waals surface area contributed by atoms with Crippen LogP contribution >= 0.6 is 0 Å². The molecule has 0 spiro atoms. The van der Waals surface area contributed by atoms with Crippen LogP contribution in [-0.2, 0) is 14.3 Å². The molecule has 0 bridgehead atoms. The fourth-order valence-corrected chi connectivity index (χ4v) is 1.03. The number of rotatable bonds is 7. The van der Waals surface area contributed by atoms with Crippen molar-refractivity contribution in [1.82, 2.24) is 5.32 Å². The van der Waals surface area contributed by atoms with Gasteiger partial charge in [0.25, 0.3) is 0 Å². The summed E-state index contributed by atoms with van der Waals surface area (Å²) in [6, 6.07) is -0.888. The Bertz CT molecular complexity index is 257. The number of hydrogen-bond acceptors (Lipinski definition) is 3. The predicted molar refractivity (Wildman–Crippen MR) is 54.1 cm³/mol. The summed E-state index contributed by atoms with van der Waals surface area (Å²) < 4.78 is 4.79. The lowest BCUT2D eigenvalue weighted by Crippen LogP contribution is -2.40. The molecule has 5 heteroatoms. The Morgan fingerprint density at radius 1 is 1.60 bits per heavy atom. The minimum absolute atomic E-state index is 0.103. The Balaban J connectivity index is 4.00. The summed E-state index contributed by atoms with van der Waals surface area (Å²) >= 11 is 0. The van der Waals surface area contributed by atoms with Gasteiger partial charge in [0.15, 0.2) is 0 Å². The number of carboxylic acid groups (broad SMARTS) is 1. The molecule has 0 aromatic rings. The summed E-state index contributed by atoms with van der Waals surface area (Å²) in [5.74, 6) is 0.648. The van der Waals surface area contributed by atoms with E-state index in [-0.39, 0.29) is 6.42 Å². The van der Waals surface area contributed by atoms with E-state index >= 15 is 0 Å². The van der Waals surface area contributed by atoms with Crippen LogP contribution in [0.2, 0.25) is 0 Å².